The third-order valence-corrected chi connectivity index (χ3v) is 10.9. The van der Waals surface area contributed by atoms with Crippen molar-refractivity contribution in [3.63, 3.8) is 0 Å². The Morgan fingerprint density at radius 2 is 1.67 bits per heavy atom. The lowest BCUT2D eigenvalue weighted by molar-refractivity contribution is -0.123. The number of hydrogen-bond acceptors (Lipinski definition) is 10. The minimum atomic E-state index is -4.69. The molecule has 2 fully saturated rings. The van der Waals surface area contributed by atoms with Crippen LogP contribution in [0.1, 0.15) is 50.7 Å². The highest BCUT2D eigenvalue weighted by atomic mass is 35.5. The first-order valence-corrected chi connectivity index (χ1v) is 18.7. The van der Waals surface area contributed by atoms with Crippen LogP contribution in [0.4, 0.5) is 14.0 Å². The summed E-state index contributed by atoms with van der Waals surface area (Å²) < 4.78 is 31.3. The fraction of sp³-hybridized carbons (Fsp3) is 0.303. The van der Waals surface area contributed by atoms with E-state index >= 15 is 0 Å². The van der Waals surface area contributed by atoms with Gasteiger partial charge in [-0.15, -0.1) is 0 Å². The maximum absolute atomic E-state index is 14.2. The molecule has 0 aliphatic carbocycles. The number of halogens is 2. The first-order valence-electron chi connectivity index (χ1n) is 16.7. The van der Waals surface area contributed by atoms with E-state index in [1.54, 1.807) is 0 Å². The van der Waals surface area contributed by atoms with Gasteiger partial charge in [-0.1, -0.05) is 29.8 Å². The summed E-state index contributed by atoms with van der Waals surface area (Å²) in [6, 6.07) is 5.30. The number of hydrogen-bond donors (Lipinski definition) is 8. The standard InChI is InChI=1S/C33H33BClFN5O13P/c35-21-13-18(14-23(42)27(21)43)30(45)39-9-7-19(8-10-39)40-11-12-41(33(40)49)32(48)38-26(16-1-4-20(5-2-16)55(51,52)53)29(44)37-24-15-17-3-6-22(36)25(31(46)47)28(17)54-34(24)50/h1-6,13-14,19,24,26,42-43,50H,7-12,15H2,(H,37,44)(H,38,48)(H,46,47)(H2,51,52,53)/t24-,26?/m0/s1. The van der Waals surface area contributed by atoms with Crippen molar-refractivity contribution in [3.8, 4) is 17.2 Å². The maximum atomic E-state index is 14.2. The van der Waals surface area contributed by atoms with Gasteiger partial charge in [0.1, 0.15) is 23.2 Å². The Balaban J connectivity index is 1.14. The molecule has 2 saturated heterocycles. The zero-order valence-corrected chi connectivity index (χ0v) is 30.1. The molecule has 290 valence electrons. The summed E-state index contributed by atoms with van der Waals surface area (Å²) >= 11 is 5.90. The van der Waals surface area contributed by atoms with Gasteiger partial charge in [-0.05, 0) is 60.7 Å². The molecule has 3 aromatic carbocycles. The van der Waals surface area contributed by atoms with Crippen molar-refractivity contribution in [2.24, 2.45) is 0 Å². The van der Waals surface area contributed by atoms with E-state index in [9.17, 15) is 63.1 Å². The van der Waals surface area contributed by atoms with Crippen LogP contribution >= 0.6 is 19.2 Å². The monoisotopic (exact) mass is 803 g/mol. The van der Waals surface area contributed by atoms with Gasteiger partial charge in [-0.2, -0.15) is 0 Å². The van der Waals surface area contributed by atoms with Gasteiger partial charge in [0, 0.05) is 37.8 Å². The van der Waals surface area contributed by atoms with Crippen LogP contribution in [0.3, 0.4) is 0 Å². The normalized spacial score (nSPS) is 18.1. The van der Waals surface area contributed by atoms with Crippen LogP contribution in [-0.2, 0) is 15.8 Å². The van der Waals surface area contributed by atoms with Crippen LogP contribution in [-0.4, -0.2) is 120 Å². The molecule has 6 amide bonds. The Kier molecular flexibility index (Phi) is 11.0. The summed E-state index contributed by atoms with van der Waals surface area (Å²) in [5.74, 6) is -6.89. The van der Waals surface area contributed by atoms with Gasteiger partial charge in [0.2, 0.25) is 5.91 Å². The fourth-order valence-corrected chi connectivity index (χ4v) is 7.49. The molecule has 22 heteroatoms. The van der Waals surface area contributed by atoms with E-state index in [4.69, 9.17) is 16.3 Å². The van der Waals surface area contributed by atoms with Crippen molar-refractivity contribution < 1.29 is 67.7 Å². The van der Waals surface area contributed by atoms with Gasteiger partial charge in [-0.3, -0.25) is 14.2 Å². The number of piperidine rings is 1. The molecule has 3 aliphatic rings. The number of nitrogens with zero attached hydrogens (tertiary/aromatic N) is 3. The number of fused-ring (bicyclic) bond motifs is 1. The highest BCUT2D eigenvalue weighted by molar-refractivity contribution is 7.60. The number of rotatable bonds is 8. The fourth-order valence-electron chi connectivity index (χ4n) is 6.74. The summed E-state index contributed by atoms with van der Waals surface area (Å²) in [6.45, 7) is 0.498. The molecule has 0 radical (unpaired) electrons. The Bertz CT molecular complexity index is 2090. The van der Waals surface area contributed by atoms with Crippen molar-refractivity contribution in [1.82, 2.24) is 25.3 Å². The number of phenolic OH excluding ortho intramolecular Hbond substituents is 2. The van der Waals surface area contributed by atoms with E-state index in [1.165, 1.54) is 34.1 Å². The second-order valence-electron chi connectivity index (χ2n) is 13.0. The molecule has 0 saturated carbocycles. The minimum Gasteiger partial charge on any atom is -0.534 e. The third kappa shape index (κ3) is 8.04. The second kappa shape index (κ2) is 15.4. The average Bonchev–Trinajstić information content (AvgIpc) is 3.53. The Labute approximate surface area is 316 Å². The third-order valence-electron chi connectivity index (χ3n) is 9.61. The summed E-state index contributed by atoms with van der Waals surface area (Å²) in [4.78, 5) is 88.6. The number of carboxylic acids is 1. The molecule has 8 N–H and O–H groups in total. The van der Waals surface area contributed by atoms with Crippen LogP contribution in [0.25, 0.3) is 0 Å². The highest BCUT2D eigenvalue weighted by Gasteiger charge is 2.42. The van der Waals surface area contributed by atoms with Gasteiger partial charge in [0.15, 0.2) is 11.5 Å². The number of phenols is 2. The van der Waals surface area contributed by atoms with E-state index in [0.717, 1.165) is 29.2 Å². The second-order valence-corrected chi connectivity index (χ2v) is 15.0. The molecule has 0 bridgehead atoms. The molecular formula is C33H33BClFN5O13P. The lowest BCUT2D eigenvalue weighted by Crippen LogP contribution is -2.56. The molecule has 3 heterocycles. The number of aromatic carboxylic acids is 1. The van der Waals surface area contributed by atoms with Crippen LogP contribution < -0.4 is 20.6 Å². The lowest BCUT2D eigenvalue weighted by atomic mass is 9.72. The zero-order chi connectivity index (χ0) is 39.9. The molecule has 3 aliphatic heterocycles. The van der Waals surface area contributed by atoms with Crippen LogP contribution in [0, 0.1) is 5.82 Å². The van der Waals surface area contributed by atoms with Gasteiger partial charge >= 0.3 is 32.7 Å². The quantitative estimate of drug-likeness (QED) is 0.0909. The highest BCUT2D eigenvalue weighted by Crippen LogP contribution is 2.36. The Hall–Kier alpha value is -5.40. The molecular weight excluding hydrogens is 771 g/mol. The van der Waals surface area contributed by atoms with Crippen LogP contribution in [0.5, 0.6) is 17.2 Å². The van der Waals surface area contributed by atoms with Crippen molar-refractivity contribution in [1.29, 1.82) is 0 Å². The van der Waals surface area contributed by atoms with E-state index in [0.29, 0.717) is 12.8 Å². The lowest BCUT2D eigenvalue weighted by Gasteiger charge is -2.36. The number of carbonyl (C=O) groups is 5. The number of aromatic hydroxyl groups is 2. The summed E-state index contributed by atoms with van der Waals surface area (Å²) in [5, 5.41) is 44.1. The molecule has 55 heavy (non-hydrogen) atoms. The van der Waals surface area contributed by atoms with E-state index in [-0.39, 0.29) is 65.7 Å². The predicted molar refractivity (Wildman–Crippen MR) is 190 cm³/mol. The van der Waals surface area contributed by atoms with Crippen molar-refractivity contribution >= 4 is 61.5 Å². The van der Waals surface area contributed by atoms with Crippen LogP contribution in [0.2, 0.25) is 5.02 Å². The number of urea groups is 2. The van der Waals surface area contributed by atoms with Gasteiger partial charge < -0.3 is 55.2 Å². The first-order chi connectivity index (χ1) is 25.9. The number of carboxylic acid groups (broad SMARTS) is 1. The van der Waals surface area contributed by atoms with E-state index in [2.05, 4.69) is 10.6 Å². The van der Waals surface area contributed by atoms with Crippen LogP contribution in [0.15, 0.2) is 48.5 Å². The predicted octanol–water partition coefficient (Wildman–Crippen LogP) is 1.32. The Morgan fingerprint density at radius 3 is 2.29 bits per heavy atom. The zero-order valence-electron chi connectivity index (χ0n) is 28.5. The number of carbonyl (C=O) groups excluding carboxylic acids is 4. The smallest absolute Gasteiger partial charge is 0.534 e. The number of amides is 6. The average molecular weight is 804 g/mol. The van der Waals surface area contributed by atoms with Crippen molar-refractivity contribution in [2.45, 2.75) is 37.3 Å². The van der Waals surface area contributed by atoms with Crippen molar-refractivity contribution in [3.05, 3.63) is 81.6 Å². The summed E-state index contributed by atoms with van der Waals surface area (Å²) in [7, 11) is -6.55. The topological polar surface area (TPSA) is 267 Å². The molecule has 0 aromatic heterocycles. The summed E-state index contributed by atoms with van der Waals surface area (Å²) in [6.07, 6.45) is 0.476. The van der Waals surface area contributed by atoms with Gasteiger partial charge in [-0.25, -0.2) is 23.7 Å². The number of likely N-dealkylation sites (tertiary alicyclic amines) is 1. The number of nitrogens with one attached hydrogen (secondary N) is 2. The van der Waals surface area contributed by atoms with E-state index in [1.807, 2.05) is 0 Å². The molecule has 3 aromatic rings. The van der Waals surface area contributed by atoms with Crippen molar-refractivity contribution in [2.75, 3.05) is 26.2 Å². The molecule has 2 atom stereocenters. The summed E-state index contributed by atoms with van der Waals surface area (Å²) in [5.41, 5.74) is -0.552. The molecule has 1 unspecified atom stereocenters. The molecule has 0 spiro atoms. The SMILES string of the molecule is O=C(O)c1c(F)ccc2c1OB(O)[C@@H](NC(=O)C(NC(=O)N1CCN(C3CCN(C(=O)c4cc(O)c(O)c(Cl)c4)CC3)C1=O)c1ccc(P(=O)(O)O)cc1)C2. The molecule has 18 nitrogen and oxygen atoms in total. The first kappa shape index (κ1) is 39.3. The molecule has 6 rings (SSSR count). The maximum Gasteiger partial charge on any atom is 0.547 e. The van der Waals surface area contributed by atoms with Gasteiger partial charge in [0.25, 0.3) is 5.91 Å². The van der Waals surface area contributed by atoms with Gasteiger partial charge in [0.05, 0.1) is 16.3 Å². The number of benzene rings is 3. The largest absolute Gasteiger partial charge is 0.547 e. The Morgan fingerprint density at radius 1 is 1.00 bits per heavy atom. The minimum absolute atomic E-state index is 0.0358. The van der Waals surface area contributed by atoms with E-state index < -0.39 is 85.2 Å². The number of imide groups is 1.